The van der Waals surface area contributed by atoms with Crippen LogP contribution >= 0.6 is 23.4 Å². The number of hydrogen-bond acceptors (Lipinski definition) is 2. The molecule has 0 amide bonds. The molecule has 0 aromatic carbocycles. The Labute approximate surface area is 84.5 Å². The van der Waals surface area contributed by atoms with Gasteiger partial charge in [-0.3, -0.25) is 0 Å². The molecular formula is C9H16ClNS. The molecule has 3 heteroatoms. The molecule has 0 rings (SSSR count). The summed E-state index contributed by atoms with van der Waals surface area (Å²) in [6.45, 7) is 8.02. The molecule has 0 aliphatic rings. The van der Waals surface area contributed by atoms with Gasteiger partial charge >= 0.3 is 0 Å². The molecule has 1 nitrogen and oxygen atoms in total. The first kappa shape index (κ1) is 11.9. The fourth-order valence-corrected chi connectivity index (χ4v) is 1.16. The van der Waals surface area contributed by atoms with E-state index in [1.165, 1.54) is 0 Å². The SMILES string of the molecule is C=C(/C=C(/Cl)N(C)C(C)C)SC. The van der Waals surface area contributed by atoms with E-state index in [-0.39, 0.29) is 0 Å². The van der Waals surface area contributed by atoms with Crippen molar-refractivity contribution < 1.29 is 0 Å². The molecule has 0 aromatic heterocycles. The van der Waals surface area contributed by atoms with Gasteiger partial charge in [0.1, 0.15) is 5.16 Å². The first-order chi connectivity index (χ1) is 5.49. The van der Waals surface area contributed by atoms with Gasteiger partial charge < -0.3 is 4.90 Å². The van der Waals surface area contributed by atoms with Gasteiger partial charge in [0.05, 0.1) is 0 Å². The van der Waals surface area contributed by atoms with E-state index < -0.39 is 0 Å². The zero-order chi connectivity index (χ0) is 9.72. The normalized spacial score (nSPS) is 12.0. The second-order valence-electron chi connectivity index (χ2n) is 2.84. The van der Waals surface area contributed by atoms with Crippen LogP contribution in [0, 0.1) is 0 Å². The van der Waals surface area contributed by atoms with E-state index in [1.54, 1.807) is 11.8 Å². The van der Waals surface area contributed by atoms with E-state index in [9.17, 15) is 0 Å². The summed E-state index contributed by atoms with van der Waals surface area (Å²) in [5, 5.41) is 0.740. The molecular weight excluding hydrogens is 190 g/mol. The molecule has 0 bridgehead atoms. The lowest BCUT2D eigenvalue weighted by Gasteiger charge is -2.22. The summed E-state index contributed by atoms with van der Waals surface area (Å²) in [6, 6.07) is 0.420. The van der Waals surface area contributed by atoms with Crippen molar-refractivity contribution in [2.24, 2.45) is 0 Å². The zero-order valence-corrected chi connectivity index (χ0v) is 9.67. The Balaban J connectivity index is 4.26. The van der Waals surface area contributed by atoms with E-state index >= 15 is 0 Å². The van der Waals surface area contributed by atoms with Crippen LogP contribution in [-0.4, -0.2) is 24.2 Å². The van der Waals surface area contributed by atoms with Crippen LogP contribution in [0.3, 0.4) is 0 Å². The van der Waals surface area contributed by atoms with Crippen molar-refractivity contribution >= 4 is 23.4 Å². The van der Waals surface area contributed by atoms with Crippen LogP contribution in [0.1, 0.15) is 13.8 Å². The van der Waals surface area contributed by atoms with E-state index in [0.717, 1.165) is 10.1 Å². The molecule has 0 radical (unpaired) electrons. The first-order valence-electron chi connectivity index (χ1n) is 3.82. The minimum absolute atomic E-state index is 0.420. The lowest BCUT2D eigenvalue weighted by Crippen LogP contribution is -2.23. The maximum atomic E-state index is 6.01. The Morgan fingerprint density at radius 2 is 2.08 bits per heavy atom. The average Bonchev–Trinajstić information content (AvgIpc) is 2.02. The zero-order valence-electron chi connectivity index (χ0n) is 8.10. The molecule has 0 saturated carbocycles. The van der Waals surface area contributed by atoms with Crippen molar-refractivity contribution in [2.45, 2.75) is 19.9 Å². The summed E-state index contributed by atoms with van der Waals surface area (Å²) in [5.41, 5.74) is 0. The van der Waals surface area contributed by atoms with Gasteiger partial charge in [-0.2, -0.15) is 0 Å². The smallest absolute Gasteiger partial charge is 0.105 e. The maximum Gasteiger partial charge on any atom is 0.105 e. The minimum atomic E-state index is 0.420. The van der Waals surface area contributed by atoms with E-state index in [4.69, 9.17) is 11.6 Å². The van der Waals surface area contributed by atoms with E-state index in [0.29, 0.717) is 6.04 Å². The van der Waals surface area contributed by atoms with Gasteiger partial charge in [-0.05, 0) is 26.2 Å². The van der Waals surface area contributed by atoms with Gasteiger partial charge in [-0.1, -0.05) is 18.2 Å². The molecule has 12 heavy (non-hydrogen) atoms. The van der Waals surface area contributed by atoms with E-state index in [1.807, 2.05) is 24.3 Å². The molecule has 0 atom stereocenters. The Morgan fingerprint density at radius 1 is 1.58 bits per heavy atom. The van der Waals surface area contributed by atoms with Crippen molar-refractivity contribution in [1.29, 1.82) is 0 Å². The minimum Gasteiger partial charge on any atom is -0.363 e. The molecule has 0 aliphatic carbocycles. The van der Waals surface area contributed by atoms with Crippen molar-refractivity contribution in [1.82, 2.24) is 4.90 Å². The average molecular weight is 206 g/mol. The predicted molar refractivity (Wildman–Crippen MR) is 59.5 cm³/mol. The number of halogens is 1. The highest BCUT2D eigenvalue weighted by molar-refractivity contribution is 8.02. The lowest BCUT2D eigenvalue weighted by atomic mass is 10.3. The van der Waals surface area contributed by atoms with Gasteiger partial charge in [0, 0.05) is 18.0 Å². The van der Waals surface area contributed by atoms with Crippen LogP contribution in [0.5, 0.6) is 0 Å². The quantitative estimate of drug-likeness (QED) is 0.512. The second kappa shape index (κ2) is 5.55. The summed E-state index contributed by atoms with van der Waals surface area (Å²) in [6.07, 6.45) is 3.87. The van der Waals surface area contributed by atoms with Gasteiger partial charge in [0.2, 0.25) is 0 Å². The lowest BCUT2D eigenvalue weighted by molar-refractivity contribution is 0.365. The summed E-state index contributed by atoms with van der Waals surface area (Å²) < 4.78 is 0. The molecule has 0 aromatic rings. The van der Waals surface area contributed by atoms with Crippen LogP contribution < -0.4 is 0 Å². The summed E-state index contributed by atoms with van der Waals surface area (Å²) >= 11 is 7.61. The maximum absolute atomic E-state index is 6.01. The molecule has 0 saturated heterocycles. The highest BCUT2D eigenvalue weighted by Gasteiger charge is 2.04. The second-order valence-corrected chi connectivity index (χ2v) is 4.16. The molecule has 0 fully saturated rings. The van der Waals surface area contributed by atoms with Crippen LogP contribution in [0.4, 0.5) is 0 Å². The summed E-state index contributed by atoms with van der Waals surface area (Å²) in [4.78, 5) is 2.98. The third-order valence-corrected chi connectivity index (χ3v) is 2.67. The van der Waals surface area contributed by atoms with Gasteiger partial charge in [-0.25, -0.2) is 0 Å². The predicted octanol–water partition coefficient (Wildman–Crippen LogP) is 3.28. The third-order valence-electron chi connectivity index (χ3n) is 1.65. The van der Waals surface area contributed by atoms with Gasteiger partial charge in [0.25, 0.3) is 0 Å². The van der Waals surface area contributed by atoms with Crippen molar-refractivity contribution in [2.75, 3.05) is 13.3 Å². The third kappa shape index (κ3) is 4.07. The number of hydrogen-bond donors (Lipinski definition) is 0. The van der Waals surface area contributed by atoms with Crippen LogP contribution in [-0.2, 0) is 0 Å². The van der Waals surface area contributed by atoms with E-state index in [2.05, 4.69) is 20.4 Å². The Hall–Kier alpha value is -0.0800. The topological polar surface area (TPSA) is 3.24 Å². The number of rotatable bonds is 4. The fourth-order valence-electron chi connectivity index (χ4n) is 0.540. The van der Waals surface area contributed by atoms with Crippen LogP contribution in [0.25, 0.3) is 0 Å². The molecule has 0 unspecified atom stereocenters. The van der Waals surface area contributed by atoms with Crippen molar-refractivity contribution in [3.63, 3.8) is 0 Å². The fraction of sp³-hybridized carbons (Fsp3) is 0.556. The van der Waals surface area contributed by atoms with Crippen molar-refractivity contribution in [3.8, 4) is 0 Å². The standard InChI is InChI=1S/C9H16ClNS/c1-7(2)11(4)9(10)6-8(3)12-5/h6-7H,3H2,1-2,4-5H3/b9-6-. The Bertz CT molecular complexity index is 187. The highest BCUT2D eigenvalue weighted by atomic mass is 35.5. The number of nitrogens with zero attached hydrogens (tertiary/aromatic N) is 1. The largest absolute Gasteiger partial charge is 0.363 e. The number of allylic oxidation sites excluding steroid dienone is 1. The molecule has 70 valence electrons. The molecule has 0 N–H and O–H groups in total. The van der Waals surface area contributed by atoms with Gasteiger partial charge in [-0.15, -0.1) is 11.8 Å². The van der Waals surface area contributed by atoms with Gasteiger partial charge in [0.15, 0.2) is 0 Å². The monoisotopic (exact) mass is 205 g/mol. The Kier molecular flexibility index (Phi) is 5.51. The van der Waals surface area contributed by atoms with Crippen LogP contribution in [0.15, 0.2) is 22.7 Å². The Morgan fingerprint density at radius 3 is 2.42 bits per heavy atom. The summed E-state index contributed by atoms with van der Waals surface area (Å²) in [7, 11) is 1.97. The van der Waals surface area contributed by atoms with Crippen LogP contribution in [0.2, 0.25) is 0 Å². The molecule has 0 aliphatic heterocycles. The highest BCUT2D eigenvalue weighted by Crippen LogP contribution is 2.18. The molecule has 0 heterocycles. The first-order valence-corrected chi connectivity index (χ1v) is 5.42. The molecule has 0 spiro atoms. The summed E-state index contributed by atoms with van der Waals surface area (Å²) in [5.74, 6) is 0. The number of thioether (sulfide) groups is 1. The van der Waals surface area contributed by atoms with Crippen molar-refractivity contribution in [3.05, 3.63) is 22.7 Å².